The second kappa shape index (κ2) is 7.67. The van der Waals surface area contributed by atoms with Crippen molar-refractivity contribution in [2.24, 2.45) is 0 Å². The van der Waals surface area contributed by atoms with Crippen molar-refractivity contribution in [2.75, 3.05) is 7.11 Å². The molecular formula is C25H24N2O3. The zero-order chi connectivity index (χ0) is 21.3. The SMILES string of the molecule is COc1cccc(-c2nc(Oc3ccc(C(C)(C)C)cc3)c3ccccc3n2)c1O. The van der Waals surface area contributed by atoms with E-state index in [4.69, 9.17) is 9.47 Å². The molecule has 1 heterocycles. The number of hydrogen-bond acceptors (Lipinski definition) is 5. The van der Waals surface area contributed by atoms with Gasteiger partial charge in [0.05, 0.1) is 23.6 Å². The van der Waals surface area contributed by atoms with Gasteiger partial charge in [0.1, 0.15) is 5.75 Å². The summed E-state index contributed by atoms with van der Waals surface area (Å²) in [4.78, 5) is 9.25. The average Bonchev–Trinajstić information content (AvgIpc) is 2.73. The van der Waals surface area contributed by atoms with Gasteiger partial charge in [-0.15, -0.1) is 0 Å². The summed E-state index contributed by atoms with van der Waals surface area (Å²) in [5, 5.41) is 11.4. The molecule has 4 aromatic rings. The quantitative estimate of drug-likeness (QED) is 0.448. The van der Waals surface area contributed by atoms with E-state index < -0.39 is 0 Å². The van der Waals surface area contributed by atoms with Crippen LogP contribution in [0.4, 0.5) is 0 Å². The van der Waals surface area contributed by atoms with Gasteiger partial charge in [-0.05, 0) is 47.4 Å². The van der Waals surface area contributed by atoms with Gasteiger partial charge in [-0.25, -0.2) is 4.98 Å². The number of rotatable bonds is 4. The number of benzene rings is 3. The summed E-state index contributed by atoms with van der Waals surface area (Å²) in [6.07, 6.45) is 0. The fourth-order valence-corrected chi connectivity index (χ4v) is 3.25. The Balaban J connectivity index is 1.80. The van der Waals surface area contributed by atoms with Crippen LogP contribution in [0, 0.1) is 0 Å². The van der Waals surface area contributed by atoms with Crippen LogP contribution in [0.3, 0.4) is 0 Å². The van der Waals surface area contributed by atoms with Crippen LogP contribution in [0.15, 0.2) is 66.7 Å². The van der Waals surface area contributed by atoms with E-state index in [-0.39, 0.29) is 11.2 Å². The molecule has 5 heteroatoms. The first-order valence-electron chi connectivity index (χ1n) is 9.78. The first-order valence-corrected chi connectivity index (χ1v) is 9.78. The monoisotopic (exact) mass is 400 g/mol. The zero-order valence-corrected chi connectivity index (χ0v) is 17.5. The fraction of sp³-hybridized carbons (Fsp3) is 0.200. The van der Waals surface area contributed by atoms with E-state index in [1.54, 1.807) is 18.2 Å². The minimum Gasteiger partial charge on any atom is -0.504 e. The largest absolute Gasteiger partial charge is 0.504 e. The summed E-state index contributed by atoms with van der Waals surface area (Å²) in [7, 11) is 1.51. The Hall–Kier alpha value is -3.60. The summed E-state index contributed by atoms with van der Waals surface area (Å²) in [6, 6.07) is 20.9. The van der Waals surface area contributed by atoms with Crippen molar-refractivity contribution in [3.63, 3.8) is 0 Å². The maximum absolute atomic E-state index is 10.6. The molecule has 3 aromatic carbocycles. The van der Waals surface area contributed by atoms with Crippen molar-refractivity contribution in [3.8, 4) is 34.5 Å². The van der Waals surface area contributed by atoms with E-state index >= 15 is 0 Å². The highest BCUT2D eigenvalue weighted by Crippen LogP contribution is 2.38. The highest BCUT2D eigenvalue weighted by atomic mass is 16.5. The Bertz CT molecular complexity index is 1200. The van der Waals surface area contributed by atoms with E-state index in [0.29, 0.717) is 28.8 Å². The third kappa shape index (κ3) is 3.79. The highest BCUT2D eigenvalue weighted by molar-refractivity contribution is 5.86. The first-order chi connectivity index (χ1) is 14.4. The van der Waals surface area contributed by atoms with Crippen molar-refractivity contribution in [2.45, 2.75) is 26.2 Å². The fourth-order valence-electron chi connectivity index (χ4n) is 3.25. The summed E-state index contributed by atoms with van der Waals surface area (Å²) >= 11 is 0. The number of fused-ring (bicyclic) bond motifs is 1. The lowest BCUT2D eigenvalue weighted by Gasteiger charge is -2.19. The zero-order valence-electron chi connectivity index (χ0n) is 17.5. The van der Waals surface area contributed by atoms with Crippen LogP contribution in [0.1, 0.15) is 26.3 Å². The van der Waals surface area contributed by atoms with Crippen LogP contribution >= 0.6 is 0 Å². The van der Waals surface area contributed by atoms with Gasteiger partial charge >= 0.3 is 0 Å². The molecule has 0 amide bonds. The van der Waals surface area contributed by atoms with E-state index in [1.807, 2.05) is 36.4 Å². The normalized spacial score (nSPS) is 11.5. The Morgan fingerprint density at radius 1 is 0.833 bits per heavy atom. The number of hydrogen-bond donors (Lipinski definition) is 1. The van der Waals surface area contributed by atoms with Gasteiger partial charge in [-0.1, -0.05) is 51.1 Å². The Morgan fingerprint density at radius 2 is 1.57 bits per heavy atom. The molecule has 0 unspecified atom stereocenters. The first kappa shape index (κ1) is 19.7. The van der Waals surface area contributed by atoms with Gasteiger partial charge in [0.25, 0.3) is 0 Å². The molecule has 4 rings (SSSR count). The molecule has 0 radical (unpaired) electrons. The number of phenols is 1. The van der Waals surface area contributed by atoms with Crippen LogP contribution in [0.5, 0.6) is 23.1 Å². The Kier molecular flexibility index (Phi) is 5.04. The summed E-state index contributed by atoms with van der Waals surface area (Å²) in [5.41, 5.74) is 2.50. The van der Waals surface area contributed by atoms with Gasteiger partial charge in [0, 0.05) is 0 Å². The Labute approximate surface area is 176 Å². The Morgan fingerprint density at radius 3 is 2.27 bits per heavy atom. The molecule has 0 aliphatic rings. The molecular weight excluding hydrogens is 376 g/mol. The van der Waals surface area contributed by atoms with Crippen LogP contribution in [-0.2, 0) is 5.41 Å². The molecule has 0 aliphatic heterocycles. The van der Waals surface area contributed by atoms with Gasteiger partial charge in [-0.2, -0.15) is 4.98 Å². The molecule has 0 spiro atoms. The minimum absolute atomic E-state index is 0.00392. The van der Waals surface area contributed by atoms with Crippen LogP contribution in [-0.4, -0.2) is 22.2 Å². The second-order valence-electron chi connectivity index (χ2n) is 8.10. The smallest absolute Gasteiger partial charge is 0.230 e. The molecule has 30 heavy (non-hydrogen) atoms. The predicted molar refractivity (Wildman–Crippen MR) is 118 cm³/mol. The standard InChI is InChI=1S/C25H24N2O3/c1-25(2,3)16-12-14-17(15-13-16)30-24-18-8-5-6-10-20(18)26-23(27-24)19-9-7-11-21(29-4)22(19)28/h5-15,28H,1-4H3. The van der Waals surface area contributed by atoms with Crippen molar-refractivity contribution in [3.05, 3.63) is 72.3 Å². The molecule has 152 valence electrons. The van der Waals surface area contributed by atoms with Gasteiger partial charge in [0.2, 0.25) is 5.88 Å². The number of methoxy groups -OCH3 is 1. The predicted octanol–water partition coefficient (Wildman–Crippen LogP) is 6.10. The molecule has 0 saturated heterocycles. The molecule has 5 nitrogen and oxygen atoms in total. The molecule has 0 bridgehead atoms. The molecule has 0 saturated carbocycles. The molecule has 0 atom stereocenters. The molecule has 1 N–H and O–H groups in total. The number of para-hydroxylation sites is 2. The van der Waals surface area contributed by atoms with Crippen molar-refractivity contribution in [1.82, 2.24) is 9.97 Å². The van der Waals surface area contributed by atoms with E-state index in [1.165, 1.54) is 12.7 Å². The van der Waals surface area contributed by atoms with E-state index in [9.17, 15) is 5.11 Å². The van der Waals surface area contributed by atoms with Crippen LogP contribution in [0.2, 0.25) is 0 Å². The number of nitrogens with zero attached hydrogens (tertiary/aromatic N) is 2. The second-order valence-corrected chi connectivity index (χ2v) is 8.10. The maximum Gasteiger partial charge on any atom is 0.230 e. The lowest BCUT2D eigenvalue weighted by molar-refractivity contribution is 0.374. The molecule has 0 fully saturated rings. The van der Waals surface area contributed by atoms with Crippen LogP contribution < -0.4 is 9.47 Å². The maximum atomic E-state index is 10.6. The van der Waals surface area contributed by atoms with Crippen molar-refractivity contribution < 1.29 is 14.6 Å². The van der Waals surface area contributed by atoms with Gasteiger partial charge < -0.3 is 14.6 Å². The van der Waals surface area contributed by atoms with Gasteiger partial charge in [-0.3, -0.25) is 0 Å². The third-order valence-corrected chi connectivity index (χ3v) is 4.96. The summed E-state index contributed by atoms with van der Waals surface area (Å²) in [6.45, 7) is 6.52. The summed E-state index contributed by atoms with van der Waals surface area (Å²) < 4.78 is 11.4. The van der Waals surface area contributed by atoms with E-state index in [0.717, 1.165) is 10.9 Å². The minimum atomic E-state index is -0.00392. The third-order valence-electron chi connectivity index (χ3n) is 4.96. The lowest BCUT2D eigenvalue weighted by Crippen LogP contribution is -2.10. The van der Waals surface area contributed by atoms with Crippen molar-refractivity contribution >= 4 is 10.9 Å². The number of aromatic hydroxyl groups is 1. The summed E-state index contributed by atoms with van der Waals surface area (Å²) in [5.74, 6) is 1.85. The van der Waals surface area contributed by atoms with Gasteiger partial charge in [0.15, 0.2) is 17.3 Å². The molecule has 0 aliphatic carbocycles. The van der Waals surface area contributed by atoms with Crippen molar-refractivity contribution in [1.29, 1.82) is 0 Å². The topological polar surface area (TPSA) is 64.5 Å². The number of aromatic nitrogens is 2. The lowest BCUT2D eigenvalue weighted by atomic mass is 9.87. The van der Waals surface area contributed by atoms with E-state index in [2.05, 4.69) is 42.9 Å². The number of ether oxygens (including phenoxy) is 2. The molecule has 1 aromatic heterocycles. The number of phenolic OH excluding ortho intramolecular Hbond substituents is 1. The highest BCUT2D eigenvalue weighted by Gasteiger charge is 2.17. The van der Waals surface area contributed by atoms with Crippen LogP contribution in [0.25, 0.3) is 22.3 Å². The average molecular weight is 400 g/mol.